The number of aromatic nitrogens is 3. The highest BCUT2D eigenvalue weighted by Gasteiger charge is 2.54. The minimum atomic E-state index is -1.01. The number of anilines is 1. The topological polar surface area (TPSA) is 199 Å². The lowest BCUT2D eigenvalue weighted by molar-refractivity contribution is -0.166. The lowest BCUT2D eigenvalue weighted by atomic mass is 10.0. The summed E-state index contributed by atoms with van der Waals surface area (Å²) in [5.41, 5.74) is 6.37. The molecule has 2 aromatic rings. The zero-order chi connectivity index (χ0) is 26.7. The van der Waals surface area contributed by atoms with Gasteiger partial charge in [0.1, 0.15) is 22.8 Å². The van der Waals surface area contributed by atoms with Gasteiger partial charge >= 0.3 is 11.9 Å². The van der Waals surface area contributed by atoms with Crippen molar-refractivity contribution in [3.05, 3.63) is 39.0 Å². The quantitative estimate of drug-likeness (QED) is 0.100. The van der Waals surface area contributed by atoms with E-state index in [0.717, 1.165) is 23.1 Å². The Hall–Kier alpha value is -3.83. The van der Waals surface area contributed by atoms with Crippen LogP contribution in [0, 0.1) is 6.92 Å². The van der Waals surface area contributed by atoms with E-state index < -0.39 is 47.7 Å². The standard InChI is InChI=1S/C20H19N7O7S3/c1-8-12(37-26-24-8)4-3-10-5-35-18-14(23-16(29)13(25-32)11-6-36-20(21)22-11)17(30)27(18)15(10)19(31)34-7-33-9(2)28/h3-4,6,14,18,32H,5,7H2,1-2H3,(H2,21,22)(H,23,29)/b4-3-,25-13-/t14?,18-/m0/s1. The number of hydrogen-bond acceptors (Lipinski definition) is 15. The summed E-state index contributed by atoms with van der Waals surface area (Å²) in [7, 11) is 0. The number of thiazole rings is 1. The molecule has 17 heteroatoms. The highest BCUT2D eigenvalue weighted by atomic mass is 32.2. The third kappa shape index (κ3) is 5.47. The number of carbonyl (C=O) groups is 4. The molecule has 1 saturated heterocycles. The molecule has 4 rings (SSSR count). The summed E-state index contributed by atoms with van der Waals surface area (Å²) >= 11 is 3.53. The number of nitrogens with one attached hydrogen (secondary N) is 1. The van der Waals surface area contributed by atoms with Crippen LogP contribution in [-0.4, -0.2) is 78.1 Å². The number of thioether (sulfide) groups is 1. The molecule has 0 spiro atoms. The Morgan fingerprint density at radius 1 is 1.35 bits per heavy atom. The number of nitrogen functional groups attached to an aromatic ring is 1. The first-order valence-corrected chi connectivity index (χ1v) is 13.1. The number of fused-ring (bicyclic) bond motifs is 1. The normalized spacial score (nSPS) is 19.5. The number of oxime groups is 1. The third-order valence-electron chi connectivity index (χ3n) is 5.13. The summed E-state index contributed by atoms with van der Waals surface area (Å²) in [5.74, 6) is -2.64. The summed E-state index contributed by atoms with van der Waals surface area (Å²) in [6.07, 6.45) is 3.39. The van der Waals surface area contributed by atoms with Gasteiger partial charge in [-0.25, -0.2) is 9.78 Å². The fourth-order valence-corrected chi connectivity index (χ4v) is 5.80. The molecule has 1 fully saturated rings. The van der Waals surface area contributed by atoms with Gasteiger partial charge in [-0.2, -0.15) is 0 Å². The second-order valence-electron chi connectivity index (χ2n) is 7.50. The number of nitrogens with zero attached hydrogens (tertiary/aromatic N) is 5. The van der Waals surface area contributed by atoms with E-state index in [0.29, 0.717) is 17.0 Å². The van der Waals surface area contributed by atoms with Crippen LogP contribution in [0.3, 0.4) is 0 Å². The fourth-order valence-electron chi connectivity index (χ4n) is 3.38. The molecule has 14 nitrogen and oxygen atoms in total. The minimum absolute atomic E-state index is 0.0406. The summed E-state index contributed by atoms with van der Waals surface area (Å²) in [6.45, 7) is 2.32. The van der Waals surface area contributed by atoms with E-state index in [4.69, 9.17) is 10.5 Å². The van der Waals surface area contributed by atoms with Crippen molar-refractivity contribution in [1.29, 1.82) is 0 Å². The van der Waals surface area contributed by atoms with Crippen molar-refractivity contribution in [3.8, 4) is 0 Å². The first-order valence-electron chi connectivity index (χ1n) is 10.4. The predicted octanol–water partition coefficient (Wildman–Crippen LogP) is 0.495. The minimum Gasteiger partial charge on any atom is -0.428 e. The van der Waals surface area contributed by atoms with Crippen molar-refractivity contribution in [1.82, 2.24) is 24.8 Å². The van der Waals surface area contributed by atoms with Crippen LogP contribution < -0.4 is 11.1 Å². The molecule has 0 saturated carbocycles. The molecule has 4 N–H and O–H groups in total. The molecule has 194 valence electrons. The number of carbonyl (C=O) groups excluding carboxylic acids is 4. The van der Waals surface area contributed by atoms with E-state index >= 15 is 0 Å². The molecule has 2 aliphatic heterocycles. The van der Waals surface area contributed by atoms with Crippen molar-refractivity contribution < 1.29 is 33.9 Å². The fraction of sp³-hybridized carbons (Fsp3) is 0.300. The highest BCUT2D eigenvalue weighted by Crippen LogP contribution is 2.41. The number of rotatable bonds is 8. The molecule has 1 unspecified atom stereocenters. The summed E-state index contributed by atoms with van der Waals surface area (Å²) in [4.78, 5) is 55.7. The van der Waals surface area contributed by atoms with Crippen LogP contribution in [0.5, 0.6) is 0 Å². The van der Waals surface area contributed by atoms with Gasteiger partial charge in [-0.15, -0.1) is 28.2 Å². The number of aryl methyl sites for hydroxylation is 1. The van der Waals surface area contributed by atoms with Crippen molar-refractivity contribution in [2.75, 3.05) is 18.3 Å². The third-order valence-corrected chi connectivity index (χ3v) is 7.90. The van der Waals surface area contributed by atoms with Crippen LogP contribution in [0.25, 0.3) is 6.08 Å². The van der Waals surface area contributed by atoms with Crippen molar-refractivity contribution in [2.24, 2.45) is 5.16 Å². The summed E-state index contributed by atoms with van der Waals surface area (Å²) in [5, 5.41) is 19.7. The Balaban J connectivity index is 1.56. The molecule has 2 aromatic heterocycles. The van der Waals surface area contributed by atoms with Gasteiger partial charge in [0.05, 0.1) is 10.6 Å². The SMILES string of the molecule is CC(=O)OCOC(=O)C1=C(/C=C\c2snnc2C)CS[C@H]2C(NC(=O)/C(=N\O)c3csc(N)n3)C(=O)N12. The summed E-state index contributed by atoms with van der Waals surface area (Å²) in [6, 6.07) is -1.01. The van der Waals surface area contributed by atoms with Crippen molar-refractivity contribution in [3.63, 3.8) is 0 Å². The maximum absolute atomic E-state index is 13.1. The van der Waals surface area contributed by atoms with Crippen molar-refractivity contribution in [2.45, 2.75) is 25.3 Å². The second-order valence-corrected chi connectivity index (χ2v) is 10.3. The lowest BCUT2D eigenvalue weighted by Crippen LogP contribution is -2.71. The summed E-state index contributed by atoms with van der Waals surface area (Å²) < 4.78 is 13.6. The molecule has 37 heavy (non-hydrogen) atoms. The zero-order valence-corrected chi connectivity index (χ0v) is 21.7. The molecule has 2 atom stereocenters. The number of β-lactam (4-membered cyclic amide) rings is 1. The monoisotopic (exact) mass is 565 g/mol. The van der Waals surface area contributed by atoms with Crippen LogP contribution in [0.1, 0.15) is 23.2 Å². The number of esters is 2. The second kappa shape index (κ2) is 11.1. The lowest BCUT2D eigenvalue weighted by Gasteiger charge is -2.49. The molecule has 0 radical (unpaired) electrons. The van der Waals surface area contributed by atoms with Gasteiger partial charge in [0.25, 0.3) is 11.8 Å². The average Bonchev–Trinajstić information content (AvgIpc) is 3.48. The Bertz CT molecular complexity index is 1350. The molecule has 0 aromatic carbocycles. The van der Waals surface area contributed by atoms with Gasteiger partial charge in [-0.05, 0) is 30.1 Å². The molecule has 0 aliphatic carbocycles. The maximum atomic E-state index is 13.1. The van der Waals surface area contributed by atoms with Crippen LogP contribution in [0.4, 0.5) is 5.13 Å². The first kappa shape index (κ1) is 26.2. The molecule has 2 aliphatic rings. The first-order chi connectivity index (χ1) is 17.7. The Morgan fingerprint density at radius 2 is 2.14 bits per heavy atom. The molecule has 0 bridgehead atoms. The molecular weight excluding hydrogens is 546 g/mol. The largest absolute Gasteiger partial charge is 0.428 e. The number of amides is 2. The maximum Gasteiger partial charge on any atom is 0.358 e. The van der Waals surface area contributed by atoms with E-state index in [1.165, 1.54) is 33.6 Å². The van der Waals surface area contributed by atoms with Crippen LogP contribution in [0.15, 0.2) is 27.9 Å². The van der Waals surface area contributed by atoms with Crippen LogP contribution in [-0.2, 0) is 28.7 Å². The van der Waals surface area contributed by atoms with Gasteiger partial charge in [0.2, 0.25) is 6.79 Å². The van der Waals surface area contributed by atoms with Gasteiger partial charge < -0.3 is 25.7 Å². The molecule has 2 amide bonds. The van der Waals surface area contributed by atoms with Crippen LogP contribution >= 0.6 is 34.6 Å². The van der Waals surface area contributed by atoms with E-state index in [-0.39, 0.29) is 16.5 Å². The number of nitrogens with two attached hydrogens (primary N) is 1. The number of ether oxygens (including phenoxy) is 2. The van der Waals surface area contributed by atoms with Gasteiger partial charge in [-0.1, -0.05) is 15.7 Å². The van der Waals surface area contributed by atoms with E-state index in [2.05, 4.69) is 29.8 Å². The molecule has 4 heterocycles. The average molecular weight is 566 g/mol. The number of hydrogen-bond donors (Lipinski definition) is 3. The Morgan fingerprint density at radius 3 is 2.76 bits per heavy atom. The molecular formula is C20H19N7O7S3. The van der Waals surface area contributed by atoms with Crippen molar-refractivity contribution >= 4 is 75.3 Å². The van der Waals surface area contributed by atoms with Gasteiger partial charge in [0, 0.05) is 18.1 Å². The zero-order valence-electron chi connectivity index (χ0n) is 19.2. The Labute approximate surface area is 221 Å². The van der Waals surface area contributed by atoms with Crippen LogP contribution in [0.2, 0.25) is 0 Å². The van der Waals surface area contributed by atoms with E-state index in [1.807, 2.05) is 0 Å². The van der Waals surface area contributed by atoms with Gasteiger partial charge in [-0.3, -0.25) is 19.3 Å². The smallest absolute Gasteiger partial charge is 0.358 e. The highest BCUT2D eigenvalue weighted by molar-refractivity contribution is 8.00. The van der Waals surface area contributed by atoms with E-state index in [9.17, 15) is 24.4 Å². The Kier molecular flexibility index (Phi) is 7.84. The number of allylic oxidation sites excluding steroid dienone is 1. The van der Waals surface area contributed by atoms with E-state index in [1.54, 1.807) is 19.1 Å². The van der Waals surface area contributed by atoms with Gasteiger partial charge in [0.15, 0.2) is 10.8 Å². The predicted molar refractivity (Wildman–Crippen MR) is 133 cm³/mol.